The van der Waals surface area contributed by atoms with Crippen molar-refractivity contribution in [3.05, 3.63) is 64.7 Å². The van der Waals surface area contributed by atoms with Crippen LogP contribution in [0.15, 0.2) is 48.5 Å². The Morgan fingerprint density at radius 3 is 2.16 bits per heavy atom. The van der Waals surface area contributed by atoms with Gasteiger partial charge < -0.3 is 9.64 Å². The minimum Gasteiger partial charge on any atom is -0.465 e. The number of carbonyl (C=O) groups excluding carboxylic acids is 4. The summed E-state index contributed by atoms with van der Waals surface area (Å²) in [4.78, 5) is 56.2. The second kappa shape index (κ2) is 9.53. The van der Waals surface area contributed by atoms with Crippen molar-refractivity contribution < 1.29 is 23.9 Å². The number of esters is 1. The fraction of sp³-hybridized carbons (Fsp3) is 0.467. The number of hydrogen-bond donors (Lipinski definition) is 0. The number of methoxy groups -OCH3 is 1. The molecule has 1 aliphatic heterocycles. The van der Waals surface area contributed by atoms with Gasteiger partial charge in [0.2, 0.25) is 11.8 Å². The first-order chi connectivity index (χ1) is 18.3. The van der Waals surface area contributed by atoms with E-state index in [0.29, 0.717) is 34.0 Å². The molecular weight excluding hydrogens is 504 g/mol. The number of ether oxygens (including phenoxy) is 1. The molecular formula is C30H31ClN2O5. The largest absolute Gasteiger partial charge is 0.465 e. The SMILES string of the molecule is COC(=O)c1ccc(N2C(=O)CC(N(Cc3ccccc3Cl)C(=O)C34CC5CC(CC(C5)C3)C4)C2=O)cc1. The maximum Gasteiger partial charge on any atom is 0.337 e. The van der Waals surface area contributed by atoms with Crippen LogP contribution in [0.3, 0.4) is 0 Å². The van der Waals surface area contributed by atoms with Gasteiger partial charge in [0.15, 0.2) is 0 Å². The molecule has 38 heavy (non-hydrogen) atoms. The molecule has 7 rings (SSSR count). The van der Waals surface area contributed by atoms with Gasteiger partial charge in [0.05, 0.1) is 30.2 Å². The number of benzene rings is 2. The van der Waals surface area contributed by atoms with E-state index in [-0.39, 0.29) is 24.8 Å². The summed E-state index contributed by atoms with van der Waals surface area (Å²) in [5, 5.41) is 0.530. The molecule has 4 bridgehead atoms. The van der Waals surface area contributed by atoms with Crippen LogP contribution in [0.2, 0.25) is 5.02 Å². The third kappa shape index (κ3) is 4.21. The first kappa shape index (κ1) is 25.1. The lowest BCUT2D eigenvalue weighted by molar-refractivity contribution is -0.162. The van der Waals surface area contributed by atoms with E-state index in [1.54, 1.807) is 23.1 Å². The second-order valence-corrected chi connectivity index (χ2v) is 12.0. The summed E-state index contributed by atoms with van der Waals surface area (Å²) < 4.78 is 4.74. The molecule has 4 aliphatic carbocycles. The molecule has 0 N–H and O–H groups in total. The summed E-state index contributed by atoms with van der Waals surface area (Å²) >= 11 is 6.50. The summed E-state index contributed by atoms with van der Waals surface area (Å²) in [5.41, 5.74) is 0.988. The zero-order valence-corrected chi connectivity index (χ0v) is 22.2. The number of carbonyl (C=O) groups is 4. The van der Waals surface area contributed by atoms with Crippen LogP contribution < -0.4 is 4.90 Å². The normalized spacial score (nSPS) is 29.6. The molecule has 0 spiro atoms. The van der Waals surface area contributed by atoms with Crippen LogP contribution >= 0.6 is 11.6 Å². The Balaban J connectivity index is 1.33. The highest BCUT2D eigenvalue weighted by molar-refractivity contribution is 6.31. The molecule has 1 heterocycles. The fourth-order valence-corrected chi connectivity index (χ4v) is 8.00. The van der Waals surface area contributed by atoms with Crippen LogP contribution in [-0.4, -0.2) is 41.7 Å². The lowest BCUT2D eigenvalue weighted by atomic mass is 9.49. The first-order valence-corrected chi connectivity index (χ1v) is 13.8. The van der Waals surface area contributed by atoms with E-state index in [2.05, 4.69) is 0 Å². The predicted molar refractivity (Wildman–Crippen MR) is 141 cm³/mol. The Hall–Kier alpha value is -3.19. The van der Waals surface area contributed by atoms with E-state index in [1.165, 1.54) is 38.5 Å². The van der Waals surface area contributed by atoms with E-state index in [1.807, 2.05) is 18.2 Å². The molecule has 3 amide bonds. The standard InChI is InChI=1S/C30H31ClN2O5/c1-38-28(36)21-6-8-23(9-7-21)33-26(34)13-25(27(33)35)32(17-22-4-2-3-5-24(22)31)29(37)30-14-18-10-19(15-30)12-20(11-18)16-30/h2-9,18-20,25H,10-17H2,1H3. The average molecular weight is 535 g/mol. The molecule has 1 atom stereocenters. The summed E-state index contributed by atoms with van der Waals surface area (Å²) in [6.45, 7) is 0.180. The summed E-state index contributed by atoms with van der Waals surface area (Å²) in [6, 6.07) is 12.6. The number of halogens is 1. The van der Waals surface area contributed by atoms with Gasteiger partial charge in [-0.2, -0.15) is 0 Å². The van der Waals surface area contributed by atoms with Crippen molar-refractivity contribution >= 4 is 41.0 Å². The van der Waals surface area contributed by atoms with Gasteiger partial charge in [-0.05, 0) is 92.2 Å². The van der Waals surface area contributed by atoms with E-state index >= 15 is 0 Å². The molecule has 198 valence electrons. The van der Waals surface area contributed by atoms with Gasteiger partial charge in [0.25, 0.3) is 5.91 Å². The molecule has 1 saturated heterocycles. The molecule has 5 aliphatic rings. The molecule has 4 saturated carbocycles. The smallest absolute Gasteiger partial charge is 0.337 e. The van der Waals surface area contributed by atoms with Gasteiger partial charge in [0.1, 0.15) is 6.04 Å². The summed E-state index contributed by atoms with van der Waals surface area (Å²) in [7, 11) is 1.29. The number of hydrogen-bond acceptors (Lipinski definition) is 5. The molecule has 0 aromatic heterocycles. The van der Waals surface area contributed by atoms with Crippen molar-refractivity contribution in [2.24, 2.45) is 23.2 Å². The van der Waals surface area contributed by atoms with Gasteiger partial charge in [0, 0.05) is 11.6 Å². The number of imide groups is 1. The van der Waals surface area contributed by atoms with Gasteiger partial charge >= 0.3 is 5.97 Å². The van der Waals surface area contributed by atoms with Crippen LogP contribution in [-0.2, 0) is 25.7 Å². The fourth-order valence-electron chi connectivity index (χ4n) is 7.81. The number of rotatable bonds is 6. The zero-order valence-electron chi connectivity index (χ0n) is 21.4. The lowest BCUT2D eigenvalue weighted by Crippen LogP contribution is -2.57. The third-order valence-corrected chi connectivity index (χ3v) is 9.47. The van der Waals surface area contributed by atoms with Crippen LogP contribution in [0.5, 0.6) is 0 Å². The van der Waals surface area contributed by atoms with Crippen molar-refractivity contribution in [1.82, 2.24) is 4.90 Å². The highest BCUT2D eigenvalue weighted by Gasteiger charge is 2.57. The van der Waals surface area contributed by atoms with Crippen molar-refractivity contribution in [2.75, 3.05) is 12.0 Å². The molecule has 8 heteroatoms. The Morgan fingerprint density at radius 1 is 0.974 bits per heavy atom. The molecule has 7 nitrogen and oxygen atoms in total. The van der Waals surface area contributed by atoms with E-state index in [0.717, 1.165) is 29.7 Å². The van der Waals surface area contributed by atoms with Crippen molar-refractivity contribution in [2.45, 2.75) is 57.5 Å². The second-order valence-electron chi connectivity index (χ2n) is 11.5. The minimum absolute atomic E-state index is 0.00874. The Labute approximate surface area is 227 Å². The summed E-state index contributed by atoms with van der Waals surface area (Å²) in [5.74, 6) is 0.402. The number of amides is 3. The van der Waals surface area contributed by atoms with Crippen molar-refractivity contribution in [3.8, 4) is 0 Å². The monoisotopic (exact) mass is 534 g/mol. The zero-order chi connectivity index (χ0) is 26.6. The third-order valence-electron chi connectivity index (χ3n) is 9.10. The van der Waals surface area contributed by atoms with Crippen LogP contribution in [0.25, 0.3) is 0 Å². The van der Waals surface area contributed by atoms with E-state index in [9.17, 15) is 19.2 Å². The average Bonchev–Trinajstić information content (AvgIpc) is 3.20. The maximum absolute atomic E-state index is 14.5. The highest BCUT2D eigenvalue weighted by atomic mass is 35.5. The molecule has 2 aromatic rings. The Kier molecular flexibility index (Phi) is 6.29. The molecule has 1 unspecified atom stereocenters. The Bertz CT molecular complexity index is 1270. The highest BCUT2D eigenvalue weighted by Crippen LogP contribution is 2.60. The van der Waals surface area contributed by atoms with Crippen LogP contribution in [0.4, 0.5) is 5.69 Å². The molecule has 2 aromatic carbocycles. The topological polar surface area (TPSA) is 84.0 Å². The van der Waals surface area contributed by atoms with Crippen LogP contribution in [0, 0.1) is 23.2 Å². The van der Waals surface area contributed by atoms with E-state index in [4.69, 9.17) is 16.3 Å². The Morgan fingerprint density at radius 2 is 1.58 bits per heavy atom. The number of anilines is 1. The van der Waals surface area contributed by atoms with Gasteiger partial charge in [-0.25, -0.2) is 9.69 Å². The van der Waals surface area contributed by atoms with E-state index < -0.39 is 23.3 Å². The van der Waals surface area contributed by atoms with Crippen molar-refractivity contribution in [3.63, 3.8) is 0 Å². The maximum atomic E-state index is 14.5. The molecule has 5 fully saturated rings. The minimum atomic E-state index is -0.903. The predicted octanol–water partition coefficient (Wildman–Crippen LogP) is 5.00. The quantitative estimate of drug-likeness (QED) is 0.384. The van der Waals surface area contributed by atoms with Gasteiger partial charge in [-0.1, -0.05) is 29.8 Å². The first-order valence-electron chi connectivity index (χ1n) is 13.4. The van der Waals surface area contributed by atoms with Gasteiger partial charge in [-0.3, -0.25) is 14.4 Å². The van der Waals surface area contributed by atoms with Crippen LogP contribution in [0.1, 0.15) is 60.9 Å². The van der Waals surface area contributed by atoms with Gasteiger partial charge in [-0.15, -0.1) is 0 Å². The summed E-state index contributed by atoms with van der Waals surface area (Å²) in [6.07, 6.45) is 6.12. The van der Waals surface area contributed by atoms with Crippen molar-refractivity contribution in [1.29, 1.82) is 0 Å². The lowest BCUT2D eigenvalue weighted by Gasteiger charge is -2.57. The molecule has 0 radical (unpaired) electrons. The number of nitrogens with zero attached hydrogens (tertiary/aromatic N) is 2.